The van der Waals surface area contributed by atoms with E-state index in [1.807, 2.05) is 6.07 Å². The summed E-state index contributed by atoms with van der Waals surface area (Å²) in [6, 6.07) is 12.2. The van der Waals surface area contributed by atoms with Crippen molar-refractivity contribution >= 4 is 17.3 Å². The molecule has 0 radical (unpaired) electrons. The van der Waals surface area contributed by atoms with Gasteiger partial charge in [0, 0.05) is 23.9 Å². The molecule has 1 atom stereocenters. The summed E-state index contributed by atoms with van der Waals surface area (Å²) < 4.78 is 10.7. The molecule has 0 saturated carbocycles. The predicted molar refractivity (Wildman–Crippen MR) is 89.5 cm³/mol. The fourth-order valence-corrected chi connectivity index (χ4v) is 2.02. The number of anilines is 1. The third-order valence-electron chi connectivity index (χ3n) is 3.29. The molecule has 0 fully saturated rings. The highest BCUT2D eigenvalue weighted by molar-refractivity contribution is 5.94. The Morgan fingerprint density at radius 3 is 2.68 bits per heavy atom. The minimum atomic E-state index is -0.888. The van der Waals surface area contributed by atoms with Gasteiger partial charge in [0.15, 0.2) is 17.6 Å². The van der Waals surface area contributed by atoms with Crippen LogP contribution in [0.3, 0.4) is 0 Å². The summed E-state index contributed by atoms with van der Waals surface area (Å²) in [7, 11) is 1.43. The summed E-state index contributed by atoms with van der Waals surface area (Å²) in [4.78, 5) is 22.4. The van der Waals surface area contributed by atoms with Crippen molar-refractivity contribution in [2.24, 2.45) is 0 Å². The molecule has 0 aliphatic heterocycles. The van der Waals surface area contributed by atoms with Crippen LogP contribution in [0.25, 0.3) is 0 Å². The second kappa shape index (κ2) is 7.79. The van der Waals surface area contributed by atoms with Crippen LogP contribution in [0, 0.1) is 21.4 Å². The first-order valence-electron chi connectivity index (χ1n) is 7.24. The Kier molecular flexibility index (Phi) is 5.53. The Labute approximate surface area is 143 Å². The Bertz CT molecular complexity index is 844. The van der Waals surface area contributed by atoms with Crippen molar-refractivity contribution in [3.8, 4) is 17.6 Å². The molecule has 0 aromatic heterocycles. The summed E-state index contributed by atoms with van der Waals surface area (Å²) >= 11 is 0. The van der Waals surface area contributed by atoms with Gasteiger partial charge in [0.05, 0.1) is 23.7 Å². The van der Waals surface area contributed by atoms with E-state index >= 15 is 0 Å². The summed E-state index contributed by atoms with van der Waals surface area (Å²) in [5.74, 6) is 0.157. The predicted octanol–water partition coefficient (Wildman–Crippen LogP) is 2.88. The van der Waals surface area contributed by atoms with Gasteiger partial charge in [-0.05, 0) is 25.1 Å². The fourth-order valence-electron chi connectivity index (χ4n) is 2.02. The van der Waals surface area contributed by atoms with Crippen LogP contribution >= 0.6 is 0 Å². The first kappa shape index (κ1) is 17.7. The van der Waals surface area contributed by atoms with Crippen molar-refractivity contribution in [2.45, 2.75) is 13.0 Å². The molecule has 25 heavy (non-hydrogen) atoms. The molecule has 0 heterocycles. The quantitative estimate of drug-likeness (QED) is 0.638. The Morgan fingerprint density at radius 1 is 1.28 bits per heavy atom. The maximum absolute atomic E-state index is 12.2. The fraction of sp³-hybridized carbons (Fsp3) is 0.176. The zero-order valence-corrected chi connectivity index (χ0v) is 13.6. The van der Waals surface area contributed by atoms with E-state index in [1.54, 1.807) is 12.1 Å². The maximum atomic E-state index is 12.2. The minimum Gasteiger partial charge on any atom is -0.493 e. The minimum absolute atomic E-state index is 0.125. The molecule has 8 heteroatoms. The highest BCUT2D eigenvalue weighted by Crippen LogP contribution is 2.29. The smallest absolute Gasteiger partial charge is 0.271 e. The summed E-state index contributed by atoms with van der Waals surface area (Å²) in [6.45, 7) is 1.53. The molecule has 8 nitrogen and oxygen atoms in total. The number of non-ortho nitro benzene ring substituents is 1. The van der Waals surface area contributed by atoms with E-state index in [0.717, 1.165) is 0 Å². The van der Waals surface area contributed by atoms with Gasteiger partial charge in [0.25, 0.3) is 11.6 Å². The second-order valence-corrected chi connectivity index (χ2v) is 5.03. The Hall–Kier alpha value is -3.60. The highest BCUT2D eigenvalue weighted by atomic mass is 16.6. The van der Waals surface area contributed by atoms with Crippen LogP contribution in [0.4, 0.5) is 11.4 Å². The van der Waals surface area contributed by atoms with Gasteiger partial charge >= 0.3 is 0 Å². The van der Waals surface area contributed by atoms with Gasteiger partial charge in [0.1, 0.15) is 0 Å². The van der Waals surface area contributed by atoms with Gasteiger partial charge < -0.3 is 14.8 Å². The molecule has 0 saturated heterocycles. The molecule has 2 aromatic carbocycles. The summed E-state index contributed by atoms with van der Waals surface area (Å²) in [6.07, 6.45) is -0.888. The molecule has 0 aliphatic carbocycles. The van der Waals surface area contributed by atoms with E-state index in [9.17, 15) is 14.9 Å². The van der Waals surface area contributed by atoms with Gasteiger partial charge in [0.2, 0.25) is 0 Å². The lowest BCUT2D eigenvalue weighted by atomic mass is 10.2. The van der Waals surface area contributed by atoms with Crippen molar-refractivity contribution in [3.05, 3.63) is 58.1 Å². The lowest BCUT2D eigenvalue weighted by Crippen LogP contribution is -2.30. The van der Waals surface area contributed by atoms with Gasteiger partial charge in [-0.3, -0.25) is 14.9 Å². The van der Waals surface area contributed by atoms with Gasteiger partial charge in [-0.25, -0.2) is 0 Å². The normalized spacial score (nSPS) is 11.1. The van der Waals surface area contributed by atoms with E-state index in [4.69, 9.17) is 14.7 Å². The van der Waals surface area contributed by atoms with Gasteiger partial charge in [-0.15, -0.1) is 0 Å². The Morgan fingerprint density at radius 2 is 2.04 bits per heavy atom. The van der Waals surface area contributed by atoms with Crippen LogP contribution in [0.1, 0.15) is 12.5 Å². The number of ether oxygens (including phenoxy) is 2. The SMILES string of the molecule is COc1cc(C#N)ccc1OC(C)C(=O)Nc1cccc([N+](=O)[O-])c1. The number of carbonyl (C=O) groups excluding carboxylic acids is 1. The van der Waals surface area contributed by atoms with Crippen LogP contribution in [-0.4, -0.2) is 24.0 Å². The average Bonchev–Trinajstić information content (AvgIpc) is 2.62. The van der Waals surface area contributed by atoms with Crippen LogP contribution in [-0.2, 0) is 4.79 Å². The number of hydrogen-bond acceptors (Lipinski definition) is 6. The van der Waals surface area contributed by atoms with E-state index < -0.39 is 16.9 Å². The van der Waals surface area contributed by atoms with Crippen LogP contribution in [0.15, 0.2) is 42.5 Å². The van der Waals surface area contributed by atoms with E-state index in [1.165, 1.54) is 44.4 Å². The van der Waals surface area contributed by atoms with Crippen LogP contribution in [0.2, 0.25) is 0 Å². The lowest BCUT2D eigenvalue weighted by Gasteiger charge is -2.16. The van der Waals surface area contributed by atoms with Crippen molar-refractivity contribution in [3.63, 3.8) is 0 Å². The van der Waals surface area contributed by atoms with Gasteiger partial charge in [-0.1, -0.05) is 6.07 Å². The number of nitriles is 1. The lowest BCUT2D eigenvalue weighted by molar-refractivity contribution is -0.384. The monoisotopic (exact) mass is 341 g/mol. The number of carbonyl (C=O) groups is 1. The highest BCUT2D eigenvalue weighted by Gasteiger charge is 2.18. The number of rotatable bonds is 6. The summed E-state index contributed by atoms with van der Waals surface area (Å²) in [5.41, 5.74) is 0.569. The maximum Gasteiger partial charge on any atom is 0.271 e. The van der Waals surface area contributed by atoms with E-state index in [2.05, 4.69) is 5.32 Å². The standard InChI is InChI=1S/C17H15N3O5/c1-11(25-15-7-6-12(10-18)8-16(15)24-2)17(21)19-13-4-3-5-14(9-13)20(22)23/h3-9,11H,1-2H3,(H,19,21). The number of methoxy groups -OCH3 is 1. The van der Waals surface area contributed by atoms with Crippen molar-refractivity contribution in [2.75, 3.05) is 12.4 Å². The molecule has 128 valence electrons. The Balaban J connectivity index is 2.09. The zero-order valence-electron chi connectivity index (χ0n) is 13.6. The molecular weight excluding hydrogens is 326 g/mol. The van der Waals surface area contributed by atoms with Crippen LogP contribution < -0.4 is 14.8 Å². The number of amides is 1. The molecule has 0 bridgehead atoms. The first-order chi connectivity index (χ1) is 11.9. The van der Waals surface area contributed by atoms with Crippen molar-refractivity contribution in [1.82, 2.24) is 0 Å². The van der Waals surface area contributed by atoms with E-state index in [-0.39, 0.29) is 5.69 Å². The molecule has 1 amide bonds. The molecule has 2 aromatic rings. The number of hydrogen-bond donors (Lipinski definition) is 1. The third kappa shape index (κ3) is 4.45. The second-order valence-electron chi connectivity index (χ2n) is 5.03. The molecule has 0 spiro atoms. The van der Waals surface area contributed by atoms with Gasteiger partial charge in [-0.2, -0.15) is 5.26 Å². The summed E-state index contributed by atoms with van der Waals surface area (Å²) in [5, 5.41) is 22.2. The number of benzene rings is 2. The number of nitrogens with one attached hydrogen (secondary N) is 1. The number of nitro benzene ring substituents is 1. The van der Waals surface area contributed by atoms with Crippen molar-refractivity contribution < 1.29 is 19.2 Å². The first-order valence-corrected chi connectivity index (χ1v) is 7.24. The van der Waals surface area contributed by atoms with Crippen LogP contribution in [0.5, 0.6) is 11.5 Å². The van der Waals surface area contributed by atoms with E-state index in [0.29, 0.717) is 22.7 Å². The molecule has 1 N–H and O–H groups in total. The number of nitrogens with zero attached hydrogens (tertiary/aromatic N) is 2. The topological polar surface area (TPSA) is 114 Å². The largest absolute Gasteiger partial charge is 0.493 e. The molecule has 0 aliphatic rings. The molecule has 1 unspecified atom stereocenters. The average molecular weight is 341 g/mol. The zero-order chi connectivity index (χ0) is 18.4. The van der Waals surface area contributed by atoms with Crippen molar-refractivity contribution in [1.29, 1.82) is 5.26 Å². The third-order valence-corrected chi connectivity index (χ3v) is 3.29. The number of nitro groups is 1. The molecular formula is C17H15N3O5. The molecule has 2 rings (SSSR count).